The summed E-state index contributed by atoms with van der Waals surface area (Å²) in [6.07, 6.45) is 1.73. The number of hydrogen-bond acceptors (Lipinski definition) is 3. The lowest BCUT2D eigenvalue weighted by Gasteiger charge is -2.09. The van der Waals surface area contributed by atoms with Crippen molar-refractivity contribution >= 4 is 10.9 Å². The second-order valence-electron chi connectivity index (χ2n) is 4.79. The molecule has 0 amide bonds. The Morgan fingerprint density at radius 2 is 1.86 bits per heavy atom. The van der Waals surface area contributed by atoms with Gasteiger partial charge in [-0.15, -0.1) is 0 Å². The lowest BCUT2D eigenvalue weighted by atomic mass is 10.1. The fourth-order valence-electron chi connectivity index (χ4n) is 2.27. The van der Waals surface area contributed by atoms with E-state index in [4.69, 9.17) is 10.5 Å². The van der Waals surface area contributed by atoms with Crippen molar-refractivity contribution in [2.24, 2.45) is 5.73 Å². The Hall–Kier alpha value is -2.46. The summed E-state index contributed by atoms with van der Waals surface area (Å²) in [6, 6.07) is 14.3. The third-order valence-electron chi connectivity index (χ3n) is 3.24. The molecule has 0 saturated heterocycles. The Morgan fingerprint density at radius 1 is 1.05 bits per heavy atom. The molecule has 106 valence electrons. The number of benzene rings is 2. The number of nitrogens with zero attached hydrogens (tertiary/aromatic N) is 1. The van der Waals surface area contributed by atoms with Crippen LogP contribution < -0.4 is 10.5 Å². The first kappa shape index (κ1) is 13.5. The minimum atomic E-state index is -0.299. The molecule has 1 aromatic heterocycles. The molecular weight excluding hydrogens is 267 g/mol. The predicted octanol–water partition coefficient (Wildman–Crippen LogP) is 3.41. The summed E-state index contributed by atoms with van der Waals surface area (Å²) in [5, 5.41) is 1.01. The molecule has 3 nitrogen and oxygen atoms in total. The van der Waals surface area contributed by atoms with Crippen LogP contribution in [0.2, 0.25) is 0 Å². The molecular formula is C17H15FN2O. The molecule has 2 N–H and O–H groups in total. The quantitative estimate of drug-likeness (QED) is 0.797. The van der Waals surface area contributed by atoms with E-state index < -0.39 is 0 Å². The number of hydrogen-bond donors (Lipinski definition) is 1. The Labute approximate surface area is 122 Å². The summed E-state index contributed by atoms with van der Waals surface area (Å²) in [5.41, 5.74) is 7.86. The molecule has 3 aromatic rings. The first-order chi connectivity index (χ1) is 10.3. The second-order valence-corrected chi connectivity index (χ2v) is 4.79. The van der Waals surface area contributed by atoms with Crippen molar-refractivity contribution in [1.29, 1.82) is 0 Å². The zero-order valence-corrected chi connectivity index (χ0v) is 11.4. The van der Waals surface area contributed by atoms with Gasteiger partial charge in [0, 0.05) is 18.1 Å². The van der Waals surface area contributed by atoms with Gasteiger partial charge >= 0.3 is 0 Å². The SMILES string of the molecule is NCc1cc(F)cc(COc2cccc3cccnc23)c1. The van der Waals surface area contributed by atoms with Crippen molar-refractivity contribution in [3.63, 3.8) is 0 Å². The van der Waals surface area contributed by atoms with E-state index in [0.29, 0.717) is 12.3 Å². The maximum absolute atomic E-state index is 13.5. The van der Waals surface area contributed by atoms with Crippen LogP contribution in [0.15, 0.2) is 54.7 Å². The molecule has 0 aliphatic rings. The third-order valence-corrected chi connectivity index (χ3v) is 3.24. The molecule has 0 spiro atoms. The van der Waals surface area contributed by atoms with Gasteiger partial charge in [0.1, 0.15) is 23.7 Å². The normalized spacial score (nSPS) is 10.8. The van der Waals surface area contributed by atoms with E-state index in [2.05, 4.69) is 4.98 Å². The molecule has 1 heterocycles. The van der Waals surface area contributed by atoms with Crippen molar-refractivity contribution < 1.29 is 9.13 Å². The van der Waals surface area contributed by atoms with E-state index in [1.165, 1.54) is 12.1 Å². The van der Waals surface area contributed by atoms with Gasteiger partial charge in [-0.2, -0.15) is 0 Å². The van der Waals surface area contributed by atoms with E-state index in [0.717, 1.165) is 22.0 Å². The Bertz CT molecular complexity index is 768. The first-order valence-corrected chi connectivity index (χ1v) is 6.71. The molecule has 4 heteroatoms. The highest BCUT2D eigenvalue weighted by atomic mass is 19.1. The molecule has 2 aromatic carbocycles. The second kappa shape index (κ2) is 5.89. The van der Waals surface area contributed by atoms with Crippen LogP contribution in [-0.4, -0.2) is 4.98 Å². The van der Waals surface area contributed by atoms with E-state index in [9.17, 15) is 4.39 Å². The van der Waals surface area contributed by atoms with Gasteiger partial charge in [-0.1, -0.05) is 24.3 Å². The number of aromatic nitrogens is 1. The van der Waals surface area contributed by atoms with Crippen LogP contribution in [0.5, 0.6) is 5.75 Å². The van der Waals surface area contributed by atoms with Crippen LogP contribution in [0, 0.1) is 5.82 Å². The van der Waals surface area contributed by atoms with Crippen LogP contribution in [-0.2, 0) is 13.2 Å². The number of ether oxygens (including phenoxy) is 1. The van der Waals surface area contributed by atoms with Crippen molar-refractivity contribution in [3.05, 3.63) is 71.7 Å². The summed E-state index contributed by atoms with van der Waals surface area (Å²) in [5.74, 6) is 0.388. The Morgan fingerprint density at radius 3 is 2.71 bits per heavy atom. The van der Waals surface area contributed by atoms with Crippen LogP contribution in [0.3, 0.4) is 0 Å². The number of rotatable bonds is 4. The highest BCUT2D eigenvalue weighted by Gasteiger charge is 2.05. The molecule has 0 radical (unpaired) electrons. The highest BCUT2D eigenvalue weighted by Crippen LogP contribution is 2.24. The number of para-hydroxylation sites is 1. The van der Waals surface area contributed by atoms with Crippen LogP contribution in [0.4, 0.5) is 4.39 Å². The summed E-state index contributed by atoms with van der Waals surface area (Å²) in [7, 11) is 0. The maximum Gasteiger partial charge on any atom is 0.146 e. The standard InChI is InChI=1S/C17H15FN2O/c18-15-8-12(10-19)7-13(9-15)11-21-16-5-1-3-14-4-2-6-20-17(14)16/h1-9H,10-11,19H2. The minimum Gasteiger partial charge on any atom is -0.487 e. The van der Waals surface area contributed by atoms with Gasteiger partial charge in [-0.05, 0) is 35.4 Å². The molecule has 21 heavy (non-hydrogen) atoms. The van der Waals surface area contributed by atoms with Gasteiger partial charge in [0.25, 0.3) is 0 Å². The fraction of sp³-hybridized carbons (Fsp3) is 0.118. The molecule has 0 fully saturated rings. The van der Waals surface area contributed by atoms with E-state index >= 15 is 0 Å². The molecule has 0 aliphatic carbocycles. The summed E-state index contributed by atoms with van der Waals surface area (Å²) < 4.78 is 19.3. The topological polar surface area (TPSA) is 48.1 Å². The smallest absolute Gasteiger partial charge is 0.146 e. The van der Waals surface area contributed by atoms with Gasteiger partial charge in [0.05, 0.1) is 0 Å². The third kappa shape index (κ3) is 3.01. The Balaban J connectivity index is 1.85. The number of fused-ring (bicyclic) bond motifs is 1. The first-order valence-electron chi connectivity index (χ1n) is 6.71. The lowest BCUT2D eigenvalue weighted by molar-refractivity contribution is 0.308. The van der Waals surface area contributed by atoms with Crippen molar-refractivity contribution in [2.75, 3.05) is 0 Å². The average Bonchev–Trinajstić information content (AvgIpc) is 2.52. The zero-order chi connectivity index (χ0) is 14.7. The molecule has 0 bridgehead atoms. The average molecular weight is 282 g/mol. The van der Waals surface area contributed by atoms with Crippen molar-refractivity contribution in [3.8, 4) is 5.75 Å². The van der Waals surface area contributed by atoms with Crippen LogP contribution in [0.25, 0.3) is 10.9 Å². The van der Waals surface area contributed by atoms with Crippen molar-refractivity contribution in [1.82, 2.24) is 4.98 Å². The van der Waals surface area contributed by atoms with Crippen molar-refractivity contribution in [2.45, 2.75) is 13.2 Å². The van der Waals surface area contributed by atoms with Gasteiger partial charge in [0.2, 0.25) is 0 Å². The molecule has 0 unspecified atom stereocenters. The van der Waals surface area contributed by atoms with Gasteiger partial charge in [-0.3, -0.25) is 4.98 Å². The van der Waals surface area contributed by atoms with Gasteiger partial charge < -0.3 is 10.5 Å². The van der Waals surface area contributed by atoms with Gasteiger partial charge in [0.15, 0.2) is 0 Å². The molecule has 3 rings (SSSR count). The molecule has 0 saturated carbocycles. The zero-order valence-electron chi connectivity index (χ0n) is 11.4. The van der Waals surface area contributed by atoms with Crippen LogP contribution in [0.1, 0.15) is 11.1 Å². The van der Waals surface area contributed by atoms with E-state index in [1.807, 2.05) is 36.4 Å². The predicted molar refractivity (Wildman–Crippen MR) is 80.4 cm³/mol. The fourth-order valence-corrected chi connectivity index (χ4v) is 2.27. The van der Waals surface area contributed by atoms with E-state index in [1.54, 1.807) is 6.20 Å². The summed E-state index contributed by atoms with van der Waals surface area (Å²) in [6.45, 7) is 0.584. The largest absolute Gasteiger partial charge is 0.487 e. The number of pyridine rings is 1. The summed E-state index contributed by atoms with van der Waals surface area (Å²) in [4.78, 5) is 4.33. The maximum atomic E-state index is 13.5. The minimum absolute atomic E-state index is 0.278. The monoisotopic (exact) mass is 282 g/mol. The highest BCUT2D eigenvalue weighted by molar-refractivity contribution is 5.84. The number of nitrogens with two attached hydrogens (primary N) is 1. The molecule has 0 atom stereocenters. The number of halogens is 1. The summed E-state index contributed by atoms with van der Waals surface area (Å²) >= 11 is 0. The lowest BCUT2D eigenvalue weighted by Crippen LogP contribution is -2.01. The Kier molecular flexibility index (Phi) is 3.79. The van der Waals surface area contributed by atoms with Crippen LogP contribution >= 0.6 is 0 Å². The molecule has 0 aliphatic heterocycles. The van der Waals surface area contributed by atoms with Gasteiger partial charge in [-0.25, -0.2) is 4.39 Å². The van der Waals surface area contributed by atoms with E-state index in [-0.39, 0.29) is 12.4 Å².